The molecule has 0 spiro atoms. The number of pyridine rings is 1. The minimum atomic E-state index is -0.352. The molecular weight excluding hydrogens is 250 g/mol. The Morgan fingerprint density at radius 2 is 1.75 bits per heavy atom. The number of ether oxygens (including phenoxy) is 1. The lowest BCUT2D eigenvalue weighted by Crippen LogP contribution is -2.04. The van der Waals surface area contributed by atoms with Crippen molar-refractivity contribution in [3.8, 4) is 11.3 Å². The van der Waals surface area contributed by atoms with Gasteiger partial charge in [0.25, 0.3) is 0 Å². The molecule has 0 amide bonds. The van der Waals surface area contributed by atoms with Gasteiger partial charge in [-0.2, -0.15) is 0 Å². The van der Waals surface area contributed by atoms with Crippen molar-refractivity contribution >= 4 is 16.7 Å². The van der Waals surface area contributed by atoms with Crippen molar-refractivity contribution in [3.05, 3.63) is 66.4 Å². The quantitative estimate of drug-likeness (QED) is 0.662. The molecule has 0 aliphatic rings. The van der Waals surface area contributed by atoms with E-state index in [1.165, 1.54) is 7.11 Å². The molecule has 0 atom stereocenters. The number of nitrogens with zero attached hydrogens (tertiary/aromatic N) is 1. The van der Waals surface area contributed by atoms with Crippen LogP contribution in [0, 0.1) is 0 Å². The summed E-state index contributed by atoms with van der Waals surface area (Å²) in [7, 11) is 1.38. The Balaban J connectivity index is 2.29. The lowest BCUT2D eigenvalue weighted by Gasteiger charge is -2.09. The summed E-state index contributed by atoms with van der Waals surface area (Å²) in [6.07, 6.45) is 1.76. The Kier molecular flexibility index (Phi) is 3.17. The summed E-state index contributed by atoms with van der Waals surface area (Å²) >= 11 is 0. The van der Waals surface area contributed by atoms with Crippen molar-refractivity contribution in [2.24, 2.45) is 0 Å². The van der Waals surface area contributed by atoms with Gasteiger partial charge in [-0.3, -0.25) is 4.98 Å². The lowest BCUT2D eigenvalue weighted by molar-refractivity contribution is 0.0601. The van der Waals surface area contributed by atoms with E-state index in [9.17, 15) is 4.79 Å². The molecule has 0 fully saturated rings. The highest BCUT2D eigenvalue weighted by Gasteiger charge is 2.15. The molecule has 1 heterocycles. The van der Waals surface area contributed by atoms with Gasteiger partial charge in [0.05, 0.1) is 18.4 Å². The van der Waals surface area contributed by atoms with Gasteiger partial charge in [0.15, 0.2) is 0 Å². The molecule has 0 bridgehead atoms. The molecule has 0 N–H and O–H groups in total. The van der Waals surface area contributed by atoms with Crippen LogP contribution in [-0.2, 0) is 4.74 Å². The summed E-state index contributed by atoms with van der Waals surface area (Å²) in [5.74, 6) is -0.352. The molecule has 1 aromatic heterocycles. The number of fused-ring (bicyclic) bond motifs is 1. The largest absolute Gasteiger partial charge is 0.465 e. The van der Waals surface area contributed by atoms with Crippen LogP contribution in [-0.4, -0.2) is 18.1 Å². The van der Waals surface area contributed by atoms with Gasteiger partial charge in [-0.1, -0.05) is 42.5 Å². The Bertz CT molecular complexity index is 775. The molecular formula is C17H13NO2. The monoisotopic (exact) mass is 263 g/mol. The molecule has 0 aliphatic carbocycles. The molecule has 0 saturated heterocycles. The molecule has 3 rings (SSSR count). The van der Waals surface area contributed by atoms with Crippen LogP contribution < -0.4 is 0 Å². The zero-order valence-electron chi connectivity index (χ0n) is 11.0. The standard InChI is InChI=1S/C17H13NO2/c1-20-17(19)15-9-5-4-8-14(15)16-13-7-3-2-6-12(13)10-11-18-16/h2-11H,1H3. The van der Waals surface area contributed by atoms with Crippen LogP contribution in [0.4, 0.5) is 0 Å². The highest BCUT2D eigenvalue weighted by atomic mass is 16.5. The maximum Gasteiger partial charge on any atom is 0.338 e. The van der Waals surface area contributed by atoms with E-state index in [2.05, 4.69) is 4.98 Å². The lowest BCUT2D eigenvalue weighted by atomic mass is 9.99. The number of rotatable bonds is 2. The van der Waals surface area contributed by atoms with E-state index in [1.54, 1.807) is 12.3 Å². The van der Waals surface area contributed by atoms with E-state index in [-0.39, 0.29) is 5.97 Å². The Labute approximate surface area is 116 Å². The molecule has 0 saturated carbocycles. The summed E-state index contributed by atoms with van der Waals surface area (Å²) in [5.41, 5.74) is 2.11. The van der Waals surface area contributed by atoms with Crippen LogP contribution >= 0.6 is 0 Å². The third-order valence-corrected chi connectivity index (χ3v) is 3.26. The number of carbonyl (C=O) groups excluding carboxylic acids is 1. The Hall–Kier alpha value is -2.68. The fraction of sp³-hybridized carbons (Fsp3) is 0.0588. The maximum atomic E-state index is 11.9. The highest BCUT2D eigenvalue weighted by molar-refractivity contribution is 6.02. The normalized spacial score (nSPS) is 10.4. The van der Waals surface area contributed by atoms with Crippen molar-refractivity contribution < 1.29 is 9.53 Å². The molecule has 20 heavy (non-hydrogen) atoms. The maximum absolute atomic E-state index is 11.9. The van der Waals surface area contributed by atoms with Gasteiger partial charge in [0, 0.05) is 17.1 Å². The zero-order chi connectivity index (χ0) is 13.9. The smallest absolute Gasteiger partial charge is 0.338 e. The number of aromatic nitrogens is 1. The number of hydrogen-bond donors (Lipinski definition) is 0. The van der Waals surface area contributed by atoms with Crippen molar-refractivity contribution in [3.63, 3.8) is 0 Å². The van der Waals surface area contributed by atoms with E-state index in [0.29, 0.717) is 5.56 Å². The second-order valence-corrected chi connectivity index (χ2v) is 4.42. The minimum Gasteiger partial charge on any atom is -0.465 e. The van der Waals surface area contributed by atoms with Crippen molar-refractivity contribution in [2.75, 3.05) is 7.11 Å². The van der Waals surface area contributed by atoms with E-state index in [0.717, 1.165) is 22.0 Å². The summed E-state index contributed by atoms with van der Waals surface area (Å²) in [6.45, 7) is 0. The SMILES string of the molecule is COC(=O)c1ccccc1-c1nccc2ccccc12. The van der Waals surface area contributed by atoms with Gasteiger partial charge in [-0.25, -0.2) is 4.79 Å². The molecule has 0 aliphatic heterocycles. The summed E-state index contributed by atoms with van der Waals surface area (Å²) < 4.78 is 4.84. The first kappa shape index (κ1) is 12.4. The molecule has 2 aromatic carbocycles. The predicted molar refractivity (Wildman–Crippen MR) is 78.5 cm³/mol. The van der Waals surface area contributed by atoms with Gasteiger partial charge >= 0.3 is 5.97 Å². The van der Waals surface area contributed by atoms with Crippen LogP contribution in [0.5, 0.6) is 0 Å². The third kappa shape index (κ3) is 2.03. The van der Waals surface area contributed by atoms with E-state index < -0.39 is 0 Å². The molecule has 0 radical (unpaired) electrons. The summed E-state index contributed by atoms with van der Waals surface area (Å²) in [6, 6.07) is 17.3. The van der Waals surface area contributed by atoms with Crippen molar-refractivity contribution in [1.82, 2.24) is 4.98 Å². The summed E-state index contributed by atoms with van der Waals surface area (Å²) in [4.78, 5) is 16.3. The first-order valence-electron chi connectivity index (χ1n) is 6.33. The van der Waals surface area contributed by atoms with Gasteiger partial charge in [0.2, 0.25) is 0 Å². The van der Waals surface area contributed by atoms with Gasteiger partial charge in [-0.05, 0) is 17.5 Å². The summed E-state index contributed by atoms with van der Waals surface area (Å²) in [5, 5.41) is 2.11. The third-order valence-electron chi connectivity index (χ3n) is 3.26. The number of methoxy groups -OCH3 is 1. The molecule has 3 nitrogen and oxygen atoms in total. The van der Waals surface area contributed by atoms with E-state index >= 15 is 0 Å². The topological polar surface area (TPSA) is 39.2 Å². The predicted octanol–water partition coefficient (Wildman–Crippen LogP) is 3.69. The average molecular weight is 263 g/mol. The van der Waals surface area contributed by atoms with Crippen molar-refractivity contribution in [1.29, 1.82) is 0 Å². The number of esters is 1. The van der Waals surface area contributed by atoms with E-state index in [1.807, 2.05) is 48.5 Å². The van der Waals surface area contributed by atoms with Gasteiger partial charge in [0.1, 0.15) is 0 Å². The number of hydrogen-bond acceptors (Lipinski definition) is 3. The second-order valence-electron chi connectivity index (χ2n) is 4.42. The second kappa shape index (κ2) is 5.13. The number of carbonyl (C=O) groups is 1. The van der Waals surface area contributed by atoms with Gasteiger partial charge in [-0.15, -0.1) is 0 Å². The molecule has 3 heteroatoms. The zero-order valence-corrected chi connectivity index (χ0v) is 11.0. The molecule has 0 unspecified atom stereocenters. The van der Waals surface area contributed by atoms with Gasteiger partial charge < -0.3 is 4.74 Å². The highest BCUT2D eigenvalue weighted by Crippen LogP contribution is 2.29. The molecule has 98 valence electrons. The Morgan fingerprint density at radius 1 is 1.00 bits per heavy atom. The fourth-order valence-electron chi connectivity index (χ4n) is 2.31. The van der Waals surface area contributed by atoms with Crippen molar-refractivity contribution in [2.45, 2.75) is 0 Å². The van der Waals surface area contributed by atoms with Crippen LogP contribution in [0.25, 0.3) is 22.0 Å². The average Bonchev–Trinajstić information content (AvgIpc) is 2.53. The van der Waals surface area contributed by atoms with Crippen LogP contribution in [0.1, 0.15) is 10.4 Å². The minimum absolute atomic E-state index is 0.352. The van der Waals surface area contributed by atoms with Crippen LogP contribution in [0.3, 0.4) is 0 Å². The molecule has 3 aromatic rings. The van der Waals surface area contributed by atoms with E-state index in [4.69, 9.17) is 4.74 Å². The van der Waals surface area contributed by atoms with Crippen LogP contribution in [0.2, 0.25) is 0 Å². The van der Waals surface area contributed by atoms with Crippen LogP contribution in [0.15, 0.2) is 60.8 Å². The first-order chi connectivity index (χ1) is 9.81. The first-order valence-corrected chi connectivity index (χ1v) is 6.33. The number of benzene rings is 2. The Morgan fingerprint density at radius 3 is 2.60 bits per heavy atom. The fourth-order valence-corrected chi connectivity index (χ4v) is 2.31.